The maximum Gasteiger partial charge on any atom is 0.271 e. The largest absolute Gasteiger partial charge is 0.496 e. The number of aromatic nitrogens is 2. The van der Waals surface area contributed by atoms with Gasteiger partial charge in [0.2, 0.25) is 0 Å². The molecule has 0 spiro atoms. The first kappa shape index (κ1) is 19.2. The molecule has 0 unspecified atom stereocenters. The highest BCUT2D eigenvalue weighted by Gasteiger charge is 2.24. The Morgan fingerprint density at radius 1 is 1.22 bits per heavy atom. The van der Waals surface area contributed by atoms with Gasteiger partial charge < -0.3 is 15.4 Å². The van der Waals surface area contributed by atoms with Gasteiger partial charge in [-0.05, 0) is 43.7 Å². The van der Waals surface area contributed by atoms with E-state index in [1.165, 1.54) is 13.3 Å². The summed E-state index contributed by atoms with van der Waals surface area (Å²) >= 11 is 6.14. The van der Waals surface area contributed by atoms with Crippen LogP contribution >= 0.6 is 11.6 Å². The minimum atomic E-state index is -0.473. The van der Waals surface area contributed by atoms with E-state index in [-0.39, 0.29) is 28.2 Å². The first-order chi connectivity index (χ1) is 13.0. The fourth-order valence-corrected chi connectivity index (χ4v) is 3.55. The van der Waals surface area contributed by atoms with Crippen LogP contribution in [0.4, 0.5) is 5.69 Å². The minimum absolute atomic E-state index is 0.143. The third kappa shape index (κ3) is 4.42. The zero-order valence-corrected chi connectivity index (χ0v) is 16.1. The van der Waals surface area contributed by atoms with Crippen LogP contribution in [0.5, 0.6) is 5.75 Å². The van der Waals surface area contributed by atoms with Crippen molar-refractivity contribution in [1.82, 2.24) is 15.5 Å². The molecule has 0 atom stereocenters. The van der Waals surface area contributed by atoms with Gasteiger partial charge >= 0.3 is 0 Å². The van der Waals surface area contributed by atoms with Gasteiger partial charge in [0.05, 0.1) is 24.0 Å². The standard InChI is InChI=1S/C19H23ClN4O3/c1-11-6-8-12(9-7-11)22-19(26)17-14(10-21-24-17)23-18(25)16-13(20)4-3-5-15(16)27-2/h3-5,10-12H,6-9H2,1-2H3,(H,21,24)(H,22,26)(H,23,25). The fraction of sp³-hybridized carbons (Fsp3) is 0.421. The van der Waals surface area contributed by atoms with Crippen molar-refractivity contribution in [3.8, 4) is 5.75 Å². The zero-order valence-electron chi connectivity index (χ0n) is 15.3. The third-order valence-electron chi connectivity index (χ3n) is 4.89. The highest BCUT2D eigenvalue weighted by molar-refractivity contribution is 6.35. The van der Waals surface area contributed by atoms with Gasteiger partial charge in [-0.2, -0.15) is 5.10 Å². The van der Waals surface area contributed by atoms with Crippen LogP contribution in [0, 0.1) is 5.92 Å². The summed E-state index contributed by atoms with van der Waals surface area (Å²) in [5.74, 6) is 0.296. The molecule has 27 heavy (non-hydrogen) atoms. The van der Waals surface area contributed by atoms with E-state index in [9.17, 15) is 9.59 Å². The molecule has 7 nitrogen and oxygen atoms in total. The maximum atomic E-state index is 12.7. The first-order valence-corrected chi connectivity index (χ1v) is 9.35. The Morgan fingerprint density at radius 2 is 1.96 bits per heavy atom. The Labute approximate surface area is 162 Å². The molecule has 3 rings (SSSR count). The highest BCUT2D eigenvalue weighted by Crippen LogP contribution is 2.28. The number of halogens is 1. The van der Waals surface area contributed by atoms with Crippen LogP contribution < -0.4 is 15.4 Å². The topological polar surface area (TPSA) is 96.1 Å². The van der Waals surface area contributed by atoms with Crippen LogP contribution in [0.1, 0.15) is 53.5 Å². The second-order valence-electron chi connectivity index (χ2n) is 6.86. The van der Waals surface area contributed by atoms with Gasteiger partial charge in [-0.25, -0.2) is 0 Å². The van der Waals surface area contributed by atoms with Crippen LogP contribution in [0.3, 0.4) is 0 Å². The van der Waals surface area contributed by atoms with Crippen molar-refractivity contribution in [2.75, 3.05) is 12.4 Å². The van der Waals surface area contributed by atoms with Gasteiger partial charge in [-0.1, -0.05) is 24.6 Å². The lowest BCUT2D eigenvalue weighted by Crippen LogP contribution is -2.37. The van der Waals surface area contributed by atoms with Crippen LogP contribution in [-0.2, 0) is 0 Å². The van der Waals surface area contributed by atoms with E-state index in [1.54, 1.807) is 18.2 Å². The molecule has 0 radical (unpaired) electrons. The number of aromatic amines is 1. The van der Waals surface area contributed by atoms with E-state index in [1.807, 2.05) is 0 Å². The Bertz CT molecular complexity index is 828. The Morgan fingerprint density at radius 3 is 2.67 bits per heavy atom. The molecule has 1 fully saturated rings. The first-order valence-electron chi connectivity index (χ1n) is 8.97. The van der Waals surface area contributed by atoms with Crippen LogP contribution in [0.25, 0.3) is 0 Å². The van der Waals surface area contributed by atoms with Crippen molar-refractivity contribution in [3.63, 3.8) is 0 Å². The van der Waals surface area contributed by atoms with E-state index in [0.717, 1.165) is 25.7 Å². The maximum absolute atomic E-state index is 12.7. The highest BCUT2D eigenvalue weighted by atomic mass is 35.5. The molecule has 144 valence electrons. The molecular weight excluding hydrogens is 368 g/mol. The van der Waals surface area contributed by atoms with E-state index in [4.69, 9.17) is 16.3 Å². The van der Waals surface area contributed by atoms with Crippen molar-refractivity contribution < 1.29 is 14.3 Å². The summed E-state index contributed by atoms with van der Waals surface area (Å²) < 4.78 is 5.21. The number of benzene rings is 1. The normalized spacial score (nSPS) is 19.4. The predicted octanol–water partition coefficient (Wildman–Crippen LogP) is 3.63. The van der Waals surface area contributed by atoms with Crippen molar-refractivity contribution in [1.29, 1.82) is 0 Å². The van der Waals surface area contributed by atoms with Gasteiger partial charge in [0.1, 0.15) is 17.0 Å². The van der Waals surface area contributed by atoms with Crippen LogP contribution in [0.2, 0.25) is 5.02 Å². The summed E-state index contributed by atoms with van der Waals surface area (Å²) in [7, 11) is 1.46. The minimum Gasteiger partial charge on any atom is -0.496 e. The molecule has 0 bridgehead atoms. The number of hydrogen-bond donors (Lipinski definition) is 3. The molecule has 0 aliphatic heterocycles. The summed E-state index contributed by atoms with van der Waals surface area (Å²) in [6, 6.07) is 5.09. The summed E-state index contributed by atoms with van der Waals surface area (Å²) in [5.41, 5.74) is 0.715. The Balaban J connectivity index is 1.72. The van der Waals surface area contributed by atoms with E-state index < -0.39 is 5.91 Å². The summed E-state index contributed by atoms with van der Waals surface area (Å²) in [4.78, 5) is 25.3. The Kier molecular flexibility index (Phi) is 6.01. The van der Waals surface area contributed by atoms with Crippen molar-refractivity contribution in [2.24, 2.45) is 5.92 Å². The molecule has 2 amide bonds. The molecule has 1 aromatic heterocycles. The lowest BCUT2D eigenvalue weighted by atomic mass is 9.87. The number of ether oxygens (including phenoxy) is 1. The quantitative estimate of drug-likeness (QED) is 0.726. The molecule has 3 N–H and O–H groups in total. The number of nitrogens with one attached hydrogen (secondary N) is 3. The summed E-state index contributed by atoms with van der Waals surface area (Å²) in [6.07, 6.45) is 5.52. The zero-order chi connectivity index (χ0) is 19.4. The molecular formula is C19H23ClN4O3. The van der Waals surface area contributed by atoms with Gasteiger partial charge in [0.25, 0.3) is 11.8 Å². The smallest absolute Gasteiger partial charge is 0.271 e. The molecule has 1 heterocycles. The summed E-state index contributed by atoms with van der Waals surface area (Å²) in [5, 5.41) is 12.5. The number of nitrogens with zero attached hydrogens (tertiary/aromatic N) is 1. The molecule has 8 heteroatoms. The van der Waals surface area contributed by atoms with E-state index >= 15 is 0 Å². The lowest BCUT2D eigenvalue weighted by Gasteiger charge is -2.26. The Hall–Kier alpha value is -2.54. The number of H-pyrrole nitrogens is 1. The number of methoxy groups -OCH3 is 1. The second kappa shape index (κ2) is 8.43. The SMILES string of the molecule is COc1cccc(Cl)c1C(=O)Nc1cn[nH]c1C(=O)NC1CCC(C)CC1. The van der Waals surface area contributed by atoms with Gasteiger partial charge in [0, 0.05) is 6.04 Å². The lowest BCUT2D eigenvalue weighted by molar-refractivity contribution is 0.0919. The van der Waals surface area contributed by atoms with E-state index in [2.05, 4.69) is 27.8 Å². The third-order valence-corrected chi connectivity index (χ3v) is 5.20. The van der Waals surface area contributed by atoms with Gasteiger partial charge in [0.15, 0.2) is 0 Å². The van der Waals surface area contributed by atoms with Crippen LogP contribution in [0.15, 0.2) is 24.4 Å². The average Bonchev–Trinajstić information content (AvgIpc) is 3.11. The molecule has 0 saturated heterocycles. The van der Waals surface area contributed by atoms with Gasteiger partial charge in [-0.3, -0.25) is 14.7 Å². The van der Waals surface area contributed by atoms with Gasteiger partial charge in [-0.15, -0.1) is 0 Å². The number of rotatable bonds is 5. The molecule has 1 aromatic carbocycles. The van der Waals surface area contributed by atoms with E-state index in [0.29, 0.717) is 17.4 Å². The molecule has 1 aliphatic carbocycles. The fourth-order valence-electron chi connectivity index (χ4n) is 3.30. The van der Waals surface area contributed by atoms with Crippen molar-refractivity contribution in [3.05, 3.63) is 40.7 Å². The predicted molar refractivity (Wildman–Crippen MR) is 103 cm³/mol. The number of carbonyl (C=O) groups excluding carboxylic acids is 2. The number of carbonyl (C=O) groups is 2. The van der Waals surface area contributed by atoms with Crippen molar-refractivity contribution >= 4 is 29.1 Å². The number of amides is 2. The second-order valence-corrected chi connectivity index (χ2v) is 7.27. The van der Waals surface area contributed by atoms with Crippen LogP contribution in [-0.4, -0.2) is 35.2 Å². The molecule has 1 aliphatic rings. The monoisotopic (exact) mass is 390 g/mol. The number of anilines is 1. The average molecular weight is 391 g/mol. The van der Waals surface area contributed by atoms with Crippen molar-refractivity contribution in [2.45, 2.75) is 38.6 Å². The summed E-state index contributed by atoms with van der Waals surface area (Å²) in [6.45, 7) is 2.23. The number of hydrogen-bond acceptors (Lipinski definition) is 4. The molecule has 1 saturated carbocycles. The molecule has 2 aromatic rings.